The van der Waals surface area contributed by atoms with E-state index in [0.29, 0.717) is 25.9 Å². The summed E-state index contributed by atoms with van der Waals surface area (Å²) in [7, 11) is -2.72. The third-order valence-electron chi connectivity index (χ3n) is 5.13. The number of methoxy groups -OCH3 is 1. The van der Waals surface area contributed by atoms with Crippen LogP contribution in [0, 0.1) is 5.92 Å². The van der Waals surface area contributed by atoms with Crippen molar-refractivity contribution in [3.63, 3.8) is 0 Å². The highest BCUT2D eigenvalue weighted by molar-refractivity contribution is 7.92. The van der Waals surface area contributed by atoms with Crippen LogP contribution in [0.4, 0.5) is 5.69 Å². The lowest BCUT2D eigenvalue weighted by Gasteiger charge is -2.33. The molecule has 0 radical (unpaired) electrons. The molecule has 0 N–H and O–H groups in total. The van der Waals surface area contributed by atoms with E-state index in [9.17, 15) is 18.0 Å². The monoisotopic (exact) mass is 484 g/mol. The fraction of sp³-hybridized carbons (Fsp3) is 0.333. The molecule has 10 heteroatoms. The molecule has 1 amide bonds. The number of sulfonamides is 1. The molecule has 1 aliphatic heterocycles. The van der Waals surface area contributed by atoms with Crippen LogP contribution < -0.4 is 4.31 Å². The van der Waals surface area contributed by atoms with Gasteiger partial charge in [0.2, 0.25) is 5.91 Å². The van der Waals surface area contributed by atoms with Crippen molar-refractivity contribution in [2.24, 2.45) is 5.92 Å². The SMILES string of the molecule is COC(=O)C1CCN(C(=O)CN(c2cc(Cl)cc(Cl)c2)S(=O)(=O)c2ccccc2)CC1. The van der Waals surface area contributed by atoms with Crippen LogP contribution in [0.2, 0.25) is 10.0 Å². The topological polar surface area (TPSA) is 84.0 Å². The Morgan fingerprint density at radius 2 is 1.65 bits per heavy atom. The van der Waals surface area contributed by atoms with E-state index in [2.05, 4.69) is 0 Å². The highest BCUT2D eigenvalue weighted by Gasteiger charge is 2.32. The van der Waals surface area contributed by atoms with Crippen molar-refractivity contribution >= 4 is 50.8 Å². The molecule has 1 heterocycles. The van der Waals surface area contributed by atoms with Crippen LogP contribution in [0.15, 0.2) is 53.4 Å². The van der Waals surface area contributed by atoms with E-state index in [0.717, 1.165) is 4.31 Å². The van der Waals surface area contributed by atoms with Gasteiger partial charge in [0, 0.05) is 23.1 Å². The predicted molar refractivity (Wildman–Crippen MR) is 119 cm³/mol. The Bertz CT molecular complexity index is 1030. The van der Waals surface area contributed by atoms with Crippen molar-refractivity contribution in [1.29, 1.82) is 0 Å². The van der Waals surface area contributed by atoms with Crippen LogP contribution in [0.5, 0.6) is 0 Å². The minimum absolute atomic E-state index is 0.0447. The molecule has 0 aliphatic carbocycles. The van der Waals surface area contributed by atoms with Crippen LogP contribution in [-0.4, -0.2) is 51.9 Å². The van der Waals surface area contributed by atoms with Gasteiger partial charge in [-0.1, -0.05) is 41.4 Å². The third-order valence-corrected chi connectivity index (χ3v) is 7.35. The number of carbonyl (C=O) groups is 2. The fourth-order valence-electron chi connectivity index (χ4n) is 3.47. The summed E-state index contributed by atoms with van der Waals surface area (Å²) in [6.45, 7) is 0.263. The van der Waals surface area contributed by atoms with Gasteiger partial charge in [0.25, 0.3) is 10.0 Å². The second kappa shape index (κ2) is 9.89. The number of ether oxygens (including phenoxy) is 1. The molecule has 1 saturated heterocycles. The first-order valence-corrected chi connectivity index (χ1v) is 11.8. The fourth-order valence-corrected chi connectivity index (χ4v) is 5.41. The number of hydrogen-bond acceptors (Lipinski definition) is 5. The summed E-state index contributed by atoms with van der Waals surface area (Å²) in [5, 5.41) is 0.504. The van der Waals surface area contributed by atoms with Gasteiger partial charge in [-0.3, -0.25) is 13.9 Å². The van der Waals surface area contributed by atoms with Crippen LogP contribution in [0.3, 0.4) is 0 Å². The summed E-state index contributed by atoms with van der Waals surface area (Å²) >= 11 is 12.2. The van der Waals surface area contributed by atoms with Crippen molar-refractivity contribution < 1.29 is 22.7 Å². The minimum Gasteiger partial charge on any atom is -0.469 e. The molecular weight excluding hydrogens is 463 g/mol. The van der Waals surface area contributed by atoms with E-state index in [1.807, 2.05) is 0 Å². The van der Waals surface area contributed by atoms with Crippen molar-refractivity contribution in [2.75, 3.05) is 31.0 Å². The number of amides is 1. The van der Waals surface area contributed by atoms with Crippen molar-refractivity contribution in [3.05, 3.63) is 58.6 Å². The quantitative estimate of drug-likeness (QED) is 0.584. The van der Waals surface area contributed by atoms with Crippen molar-refractivity contribution in [3.8, 4) is 0 Å². The molecule has 1 fully saturated rings. The molecule has 0 saturated carbocycles. The predicted octanol–water partition coefficient (Wildman–Crippen LogP) is 3.60. The molecule has 0 bridgehead atoms. The maximum atomic E-state index is 13.4. The van der Waals surface area contributed by atoms with E-state index < -0.39 is 16.6 Å². The van der Waals surface area contributed by atoms with Crippen molar-refractivity contribution in [2.45, 2.75) is 17.7 Å². The first kappa shape index (κ1) is 23.4. The Morgan fingerprint density at radius 3 is 2.19 bits per heavy atom. The number of anilines is 1. The van der Waals surface area contributed by atoms with Gasteiger partial charge >= 0.3 is 5.97 Å². The third kappa shape index (κ3) is 5.50. The first-order valence-electron chi connectivity index (χ1n) is 9.62. The number of esters is 1. The van der Waals surface area contributed by atoms with Crippen LogP contribution >= 0.6 is 23.2 Å². The summed E-state index contributed by atoms with van der Waals surface area (Å²) in [5.41, 5.74) is 0.194. The molecule has 166 valence electrons. The maximum Gasteiger partial charge on any atom is 0.308 e. The van der Waals surface area contributed by atoms with Gasteiger partial charge in [0.15, 0.2) is 0 Å². The molecule has 31 heavy (non-hydrogen) atoms. The molecule has 0 unspecified atom stereocenters. The van der Waals surface area contributed by atoms with Gasteiger partial charge in [-0.2, -0.15) is 0 Å². The van der Waals surface area contributed by atoms with E-state index in [4.69, 9.17) is 27.9 Å². The standard InChI is InChI=1S/C21H22Cl2N2O5S/c1-30-21(27)15-7-9-24(10-8-15)20(26)14-25(18-12-16(22)11-17(23)13-18)31(28,29)19-5-3-2-4-6-19/h2-6,11-13,15H,7-10,14H2,1H3. The van der Waals surface area contributed by atoms with Crippen LogP contribution in [0.1, 0.15) is 12.8 Å². The smallest absolute Gasteiger partial charge is 0.308 e. The number of likely N-dealkylation sites (tertiary alicyclic amines) is 1. The number of hydrogen-bond donors (Lipinski definition) is 0. The van der Waals surface area contributed by atoms with Gasteiger partial charge in [-0.15, -0.1) is 0 Å². The molecule has 7 nitrogen and oxygen atoms in total. The molecule has 1 aliphatic rings. The number of benzene rings is 2. The lowest BCUT2D eigenvalue weighted by molar-refractivity contribution is -0.148. The first-order chi connectivity index (χ1) is 14.7. The number of rotatable bonds is 6. The van der Waals surface area contributed by atoms with E-state index >= 15 is 0 Å². The Kier molecular flexibility index (Phi) is 7.46. The van der Waals surface area contributed by atoms with E-state index in [1.54, 1.807) is 23.1 Å². The number of carbonyl (C=O) groups excluding carboxylic acids is 2. The summed E-state index contributed by atoms with van der Waals surface area (Å²) < 4.78 is 32.5. The lowest BCUT2D eigenvalue weighted by Crippen LogP contribution is -2.46. The summed E-state index contributed by atoms with van der Waals surface area (Å²) in [5.74, 6) is -0.933. The molecule has 0 aromatic heterocycles. The zero-order valence-corrected chi connectivity index (χ0v) is 19.2. The largest absolute Gasteiger partial charge is 0.469 e. The minimum atomic E-state index is -4.06. The Labute approximate surface area is 191 Å². The van der Waals surface area contributed by atoms with Gasteiger partial charge in [-0.05, 0) is 43.2 Å². The van der Waals surface area contributed by atoms with Crippen LogP contribution in [-0.2, 0) is 24.3 Å². The maximum absolute atomic E-state index is 13.4. The summed E-state index contributed by atoms with van der Waals surface area (Å²) in [6, 6.07) is 12.2. The van der Waals surface area contributed by atoms with Gasteiger partial charge in [0.1, 0.15) is 6.54 Å². The molecule has 0 atom stereocenters. The second-order valence-corrected chi connectivity index (χ2v) is 9.87. The zero-order valence-electron chi connectivity index (χ0n) is 16.8. The average molecular weight is 485 g/mol. The Morgan fingerprint density at radius 1 is 1.06 bits per heavy atom. The number of nitrogens with zero attached hydrogens (tertiary/aromatic N) is 2. The highest BCUT2D eigenvalue weighted by atomic mass is 35.5. The normalized spacial score (nSPS) is 14.9. The molecule has 3 rings (SSSR count). The lowest BCUT2D eigenvalue weighted by atomic mass is 9.97. The Balaban J connectivity index is 1.87. The summed E-state index contributed by atoms with van der Waals surface area (Å²) in [4.78, 5) is 26.3. The van der Waals surface area contributed by atoms with E-state index in [-0.39, 0.29) is 38.4 Å². The Hall–Kier alpha value is -2.29. The van der Waals surface area contributed by atoms with Crippen LogP contribution in [0.25, 0.3) is 0 Å². The summed E-state index contributed by atoms with van der Waals surface area (Å²) in [6.07, 6.45) is 0.930. The number of halogens is 2. The molecule has 0 spiro atoms. The van der Waals surface area contributed by atoms with Gasteiger partial charge in [-0.25, -0.2) is 8.42 Å². The zero-order chi connectivity index (χ0) is 22.6. The molecule has 2 aromatic carbocycles. The molecular formula is C21H22Cl2N2O5S. The van der Waals surface area contributed by atoms with E-state index in [1.165, 1.54) is 37.4 Å². The highest BCUT2D eigenvalue weighted by Crippen LogP contribution is 2.30. The second-order valence-electron chi connectivity index (χ2n) is 7.13. The molecule has 2 aromatic rings. The average Bonchev–Trinajstić information content (AvgIpc) is 2.76. The van der Waals surface area contributed by atoms with Crippen molar-refractivity contribution in [1.82, 2.24) is 4.90 Å². The van der Waals surface area contributed by atoms with Gasteiger partial charge < -0.3 is 9.64 Å². The van der Waals surface area contributed by atoms with Gasteiger partial charge in [0.05, 0.1) is 23.6 Å². The number of piperidine rings is 1.